The molecule has 3 heteroatoms. The molecular formula is C16H23N3. The van der Waals surface area contributed by atoms with Gasteiger partial charge in [0.05, 0.1) is 11.0 Å². The van der Waals surface area contributed by atoms with E-state index >= 15 is 0 Å². The summed E-state index contributed by atoms with van der Waals surface area (Å²) in [5.74, 6) is 1.19. The Balaban J connectivity index is 2.07. The Morgan fingerprint density at radius 2 is 2.26 bits per heavy atom. The third kappa shape index (κ3) is 2.16. The van der Waals surface area contributed by atoms with Gasteiger partial charge in [-0.25, -0.2) is 4.98 Å². The van der Waals surface area contributed by atoms with E-state index < -0.39 is 0 Å². The summed E-state index contributed by atoms with van der Waals surface area (Å²) in [5.41, 5.74) is 3.78. The second-order valence-electron chi connectivity index (χ2n) is 5.87. The Bertz CT molecular complexity index is 559. The minimum atomic E-state index is 0.207. The van der Waals surface area contributed by atoms with Crippen molar-refractivity contribution in [3.63, 3.8) is 0 Å². The third-order valence-corrected chi connectivity index (χ3v) is 4.42. The van der Waals surface area contributed by atoms with Gasteiger partial charge in [-0.15, -0.1) is 0 Å². The Morgan fingerprint density at radius 3 is 2.95 bits per heavy atom. The second kappa shape index (κ2) is 4.97. The minimum Gasteiger partial charge on any atom is -0.341 e. The fraction of sp³-hybridized carbons (Fsp3) is 0.562. The molecule has 0 aliphatic carbocycles. The number of nitrogens with one attached hydrogen (secondary N) is 2. The minimum absolute atomic E-state index is 0.207. The second-order valence-corrected chi connectivity index (χ2v) is 5.87. The molecular weight excluding hydrogens is 234 g/mol. The van der Waals surface area contributed by atoms with Crippen molar-refractivity contribution in [1.29, 1.82) is 0 Å². The van der Waals surface area contributed by atoms with Crippen LogP contribution in [-0.4, -0.2) is 23.1 Å². The summed E-state index contributed by atoms with van der Waals surface area (Å²) < 4.78 is 0. The first-order valence-electron chi connectivity index (χ1n) is 7.42. The lowest BCUT2D eigenvalue weighted by Crippen LogP contribution is -2.44. The summed E-state index contributed by atoms with van der Waals surface area (Å²) in [7, 11) is 0. The van der Waals surface area contributed by atoms with Gasteiger partial charge in [0.2, 0.25) is 0 Å². The number of rotatable bonds is 3. The number of hydrogen-bond acceptors (Lipinski definition) is 2. The molecule has 1 aromatic carbocycles. The number of para-hydroxylation sites is 1. The normalized spacial score (nSPS) is 23.9. The summed E-state index contributed by atoms with van der Waals surface area (Å²) >= 11 is 0. The molecule has 1 aliphatic heterocycles. The molecule has 102 valence electrons. The SMILES string of the molecule is CCCC1(c2nc3c(C)cccc3[nH]2)CCCNC1. The van der Waals surface area contributed by atoms with Crippen LogP contribution in [-0.2, 0) is 5.41 Å². The maximum absolute atomic E-state index is 4.93. The Labute approximate surface area is 114 Å². The highest BCUT2D eigenvalue weighted by Gasteiger charge is 2.35. The number of aromatic nitrogens is 2. The summed E-state index contributed by atoms with van der Waals surface area (Å²) in [6, 6.07) is 6.37. The molecule has 19 heavy (non-hydrogen) atoms. The van der Waals surface area contributed by atoms with Crippen LogP contribution in [0.15, 0.2) is 18.2 Å². The number of aryl methyl sites for hydroxylation is 1. The van der Waals surface area contributed by atoms with Crippen molar-refractivity contribution in [2.75, 3.05) is 13.1 Å². The van der Waals surface area contributed by atoms with Crippen LogP contribution in [0.5, 0.6) is 0 Å². The summed E-state index contributed by atoms with van der Waals surface area (Å²) in [4.78, 5) is 8.51. The van der Waals surface area contributed by atoms with Gasteiger partial charge < -0.3 is 10.3 Å². The predicted octanol–water partition coefficient (Wildman–Crippen LogP) is 3.29. The average Bonchev–Trinajstić information content (AvgIpc) is 2.86. The summed E-state index contributed by atoms with van der Waals surface area (Å²) in [5, 5.41) is 3.56. The number of H-pyrrole nitrogens is 1. The van der Waals surface area contributed by atoms with Gasteiger partial charge in [-0.3, -0.25) is 0 Å². The number of imidazole rings is 1. The number of fused-ring (bicyclic) bond motifs is 1. The Morgan fingerprint density at radius 1 is 1.37 bits per heavy atom. The highest BCUT2D eigenvalue weighted by Crippen LogP contribution is 2.35. The van der Waals surface area contributed by atoms with Crippen LogP contribution in [0.25, 0.3) is 11.0 Å². The smallest absolute Gasteiger partial charge is 0.114 e. The van der Waals surface area contributed by atoms with Crippen LogP contribution in [0.4, 0.5) is 0 Å². The van der Waals surface area contributed by atoms with Gasteiger partial charge in [-0.1, -0.05) is 25.5 Å². The van der Waals surface area contributed by atoms with E-state index in [0.29, 0.717) is 0 Å². The molecule has 3 rings (SSSR count). The number of hydrogen-bond donors (Lipinski definition) is 2. The topological polar surface area (TPSA) is 40.7 Å². The maximum Gasteiger partial charge on any atom is 0.114 e. The zero-order valence-electron chi connectivity index (χ0n) is 11.9. The molecule has 1 fully saturated rings. The van der Waals surface area contributed by atoms with Crippen molar-refractivity contribution in [3.05, 3.63) is 29.6 Å². The van der Waals surface area contributed by atoms with Crippen molar-refractivity contribution in [2.45, 2.75) is 44.9 Å². The zero-order valence-corrected chi connectivity index (χ0v) is 11.9. The predicted molar refractivity (Wildman–Crippen MR) is 79.5 cm³/mol. The number of aromatic amines is 1. The zero-order chi connectivity index (χ0) is 13.3. The third-order valence-electron chi connectivity index (χ3n) is 4.42. The van der Waals surface area contributed by atoms with Gasteiger partial charge in [0.25, 0.3) is 0 Å². The first-order valence-corrected chi connectivity index (χ1v) is 7.42. The molecule has 1 aliphatic rings. The maximum atomic E-state index is 4.93. The molecule has 1 aromatic heterocycles. The van der Waals surface area contributed by atoms with Crippen molar-refractivity contribution in [2.24, 2.45) is 0 Å². The Kier molecular flexibility index (Phi) is 3.31. The van der Waals surface area contributed by atoms with E-state index in [4.69, 9.17) is 4.98 Å². The van der Waals surface area contributed by atoms with E-state index in [0.717, 1.165) is 18.6 Å². The van der Waals surface area contributed by atoms with Crippen LogP contribution in [0, 0.1) is 6.92 Å². The first-order chi connectivity index (χ1) is 9.25. The molecule has 0 amide bonds. The van der Waals surface area contributed by atoms with Crippen LogP contribution >= 0.6 is 0 Å². The van der Waals surface area contributed by atoms with Gasteiger partial charge >= 0.3 is 0 Å². The molecule has 3 nitrogen and oxygen atoms in total. The lowest BCUT2D eigenvalue weighted by molar-refractivity contribution is 0.278. The van der Waals surface area contributed by atoms with Crippen molar-refractivity contribution < 1.29 is 0 Å². The van der Waals surface area contributed by atoms with Gasteiger partial charge in [-0.2, -0.15) is 0 Å². The van der Waals surface area contributed by atoms with Crippen molar-refractivity contribution in [3.8, 4) is 0 Å². The number of piperidine rings is 1. The van der Waals surface area contributed by atoms with E-state index in [9.17, 15) is 0 Å². The molecule has 0 saturated carbocycles. The van der Waals surface area contributed by atoms with Crippen LogP contribution in [0.3, 0.4) is 0 Å². The molecule has 2 heterocycles. The van der Waals surface area contributed by atoms with E-state index in [1.54, 1.807) is 0 Å². The Hall–Kier alpha value is -1.35. The van der Waals surface area contributed by atoms with Gasteiger partial charge in [-0.05, 0) is 44.4 Å². The average molecular weight is 257 g/mol. The van der Waals surface area contributed by atoms with Crippen molar-refractivity contribution in [1.82, 2.24) is 15.3 Å². The van der Waals surface area contributed by atoms with Gasteiger partial charge in [0.1, 0.15) is 5.82 Å². The molecule has 1 atom stereocenters. The number of nitrogens with zero attached hydrogens (tertiary/aromatic N) is 1. The highest BCUT2D eigenvalue weighted by atomic mass is 15.0. The monoisotopic (exact) mass is 257 g/mol. The fourth-order valence-corrected chi connectivity index (χ4v) is 3.41. The molecule has 0 spiro atoms. The quantitative estimate of drug-likeness (QED) is 0.886. The first kappa shape index (κ1) is 12.7. The summed E-state index contributed by atoms with van der Waals surface area (Å²) in [6.07, 6.45) is 4.90. The molecule has 0 bridgehead atoms. The molecule has 1 unspecified atom stereocenters. The van der Waals surface area contributed by atoms with Crippen LogP contribution in [0.1, 0.15) is 44.0 Å². The highest BCUT2D eigenvalue weighted by molar-refractivity contribution is 5.78. The summed E-state index contributed by atoms with van der Waals surface area (Å²) in [6.45, 7) is 6.60. The van der Waals surface area contributed by atoms with Crippen LogP contribution < -0.4 is 5.32 Å². The van der Waals surface area contributed by atoms with E-state index in [1.807, 2.05) is 0 Å². The van der Waals surface area contributed by atoms with Crippen molar-refractivity contribution >= 4 is 11.0 Å². The largest absolute Gasteiger partial charge is 0.341 e. The lowest BCUT2D eigenvalue weighted by atomic mass is 9.76. The van der Waals surface area contributed by atoms with E-state index in [2.05, 4.69) is 42.3 Å². The molecule has 0 radical (unpaired) electrons. The lowest BCUT2D eigenvalue weighted by Gasteiger charge is -2.36. The molecule has 2 N–H and O–H groups in total. The number of benzene rings is 1. The fourth-order valence-electron chi connectivity index (χ4n) is 3.41. The van der Waals surface area contributed by atoms with E-state index in [-0.39, 0.29) is 5.41 Å². The molecule has 2 aromatic rings. The van der Waals surface area contributed by atoms with Crippen LogP contribution in [0.2, 0.25) is 0 Å². The van der Waals surface area contributed by atoms with E-state index in [1.165, 1.54) is 42.6 Å². The van der Waals surface area contributed by atoms with Gasteiger partial charge in [0, 0.05) is 12.0 Å². The standard InChI is InChI=1S/C16H23N3/c1-3-8-16(9-5-10-17-11-16)15-18-13-7-4-6-12(2)14(13)19-15/h4,6-7,17H,3,5,8-11H2,1-2H3,(H,18,19). The molecule has 1 saturated heterocycles. The van der Waals surface area contributed by atoms with Gasteiger partial charge in [0.15, 0.2) is 0 Å².